The van der Waals surface area contributed by atoms with Crippen LogP contribution in [-0.2, 0) is 0 Å². The van der Waals surface area contributed by atoms with Crippen LogP contribution in [0.5, 0.6) is 0 Å². The first-order valence-electron chi connectivity index (χ1n) is 5.81. The van der Waals surface area contributed by atoms with Gasteiger partial charge in [0.1, 0.15) is 0 Å². The standard InChI is InChI=1S/C9H13N3.C3H8/c1-8-6-10-9(11-7-8)12-4-2-3-5-12;1-3-2/h6-7H,2-5H2,1H3;3H2,1-2H3. The molecule has 3 nitrogen and oxygen atoms in total. The zero-order valence-corrected chi connectivity index (χ0v) is 10.0. The van der Waals surface area contributed by atoms with E-state index in [1.807, 2.05) is 19.3 Å². The predicted molar refractivity (Wildman–Crippen MR) is 64.2 cm³/mol. The first-order valence-corrected chi connectivity index (χ1v) is 5.81. The molecule has 2 rings (SSSR count). The van der Waals surface area contributed by atoms with Crippen LogP contribution in [0.4, 0.5) is 5.95 Å². The molecule has 0 aromatic carbocycles. The van der Waals surface area contributed by atoms with Crippen LogP contribution in [0.2, 0.25) is 0 Å². The van der Waals surface area contributed by atoms with E-state index in [-0.39, 0.29) is 0 Å². The second-order valence-electron chi connectivity index (χ2n) is 3.96. The first-order chi connectivity index (χ1) is 7.27. The summed E-state index contributed by atoms with van der Waals surface area (Å²) in [4.78, 5) is 10.8. The molecule has 0 unspecified atom stereocenters. The van der Waals surface area contributed by atoms with Gasteiger partial charge in [-0.3, -0.25) is 0 Å². The van der Waals surface area contributed by atoms with Gasteiger partial charge in [0.25, 0.3) is 0 Å². The highest BCUT2D eigenvalue weighted by Gasteiger charge is 2.13. The molecule has 0 amide bonds. The molecule has 1 aliphatic heterocycles. The fourth-order valence-corrected chi connectivity index (χ4v) is 1.47. The van der Waals surface area contributed by atoms with E-state index in [2.05, 4.69) is 28.7 Å². The Balaban J connectivity index is 0.000000337. The minimum atomic E-state index is 0.887. The van der Waals surface area contributed by atoms with Gasteiger partial charge in [-0.2, -0.15) is 0 Å². The van der Waals surface area contributed by atoms with Gasteiger partial charge in [-0.1, -0.05) is 20.3 Å². The molecule has 15 heavy (non-hydrogen) atoms. The number of hydrogen-bond acceptors (Lipinski definition) is 3. The lowest BCUT2D eigenvalue weighted by Crippen LogP contribution is -2.20. The van der Waals surface area contributed by atoms with Gasteiger partial charge >= 0.3 is 0 Å². The highest BCUT2D eigenvalue weighted by molar-refractivity contribution is 5.30. The van der Waals surface area contributed by atoms with Crippen molar-refractivity contribution in [3.63, 3.8) is 0 Å². The van der Waals surface area contributed by atoms with Gasteiger partial charge in [0, 0.05) is 25.5 Å². The Hall–Kier alpha value is -1.12. The number of aryl methyl sites for hydroxylation is 1. The SMILES string of the molecule is CCC.Cc1cnc(N2CCCC2)nc1. The van der Waals surface area contributed by atoms with Crippen LogP contribution >= 0.6 is 0 Å². The van der Waals surface area contributed by atoms with Crippen LogP contribution < -0.4 is 4.90 Å². The second kappa shape index (κ2) is 6.38. The Morgan fingerprint density at radius 1 is 1.13 bits per heavy atom. The fraction of sp³-hybridized carbons (Fsp3) is 0.667. The monoisotopic (exact) mass is 207 g/mol. The highest BCUT2D eigenvalue weighted by atomic mass is 15.3. The molecule has 3 heteroatoms. The van der Waals surface area contributed by atoms with Crippen molar-refractivity contribution in [3.05, 3.63) is 18.0 Å². The van der Waals surface area contributed by atoms with Crippen molar-refractivity contribution in [1.29, 1.82) is 0 Å². The summed E-state index contributed by atoms with van der Waals surface area (Å²) in [5, 5.41) is 0. The Morgan fingerprint density at radius 3 is 2.07 bits per heavy atom. The van der Waals surface area contributed by atoms with Crippen molar-refractivity contribution in [2.45, 2.75) is 40.0 Å². The highest BCUT2D eigenvalue weighted by Crippen LogP contribution is 2.14. The van der Waals surface area contributed by atoms with Gasteiger partial charge in [0.05, 0.1) is 0 Å². The molecule has 1 fully saturated rings. The molecular formula is C12H21N3. The van der Waals surface area contributed by atoms with Crippen LogP contribution in [-0.4, -0.2) is 23.1 Å². The third-order valence-corrected chi connectivity index (χ3v) is 2.16. The zero-order valence-electron chi connectivity index (χ0n) is 10.0. The van der Waals surface area contributed by atoms with Crippen molar-refractivity contribution < 1.29 is 0 Å². The molecule has 1 saturated heterocycles. The van der Waals surface area contributed by atoms with E-state index in [9.17, 15) is 0 Å². The summed E-state index contributed by atoms with van der Waals surface area (Å²) in [6, 6.07) is 0. The Labute approximate surface area is 92.6 Å². The lowest BCUT2D eigenvalue weighted by Gasteiger charge is -2.13. The molecule has 1 aromatic rings. The van der Waals surface area contributed by atoms with Gasteiger partial charge < -0.3 is 4.90 Å². The van der Waals surface area contributed by atoms with Gasteiger partial charge in [-0.25, -0.2) is 9.97 Å². The van der Waals surface area contributed by atoms with Crippen LogP contribution in [0, 0.1) is 6.92 Å². The molecular weight excluding hydrogens is 186 g/mol. The first kappa shape index (κ1) is 12.0. The molecule has 0 saturated carbocycles. The van der Waals surface area contributed by atoms with Gasteiger partial charge in [0.2, 0.25) is 5.95 Å². The average Bonchev–Trinajstić information content (AvgIpc) is 2.73. The quantitative estimate of drug-likeness (QED) is 0.709. The van der Waals surface area contributed by atoms with E-state index in [1.165, 1.54) is 19.3 Å². The number of aromatic nitrogens is 2. The van der Waals surface area contributed by atoms with Crippen LogP contribution in [0.15, 0.2) is 12.4 Å². The molecule has 0 radical (unpaired) electrons. The van der Waals surface area contributed by atoms with Gasteiger partial charge in [-0.15, -0.1) is 0 Å². The van der Waals surface area contributed by atoms with Gasteiger partial charge in [0.15, 0.2) is 0 Å². The fourth-order valence-electron chi connectivity index (χ4n) is 1.47. The summed E-state index contributed by atoms with van der Waals surface area (Å²) in [6.45, 7) is 8.49. The molecule has 0 N–H and O–H groups in total. The van der Waals surface area contributed by atoms with Crippen molar-refractivity contribution >= 4 is 5.95 Å². The minimum Gasteiger partial charge on any atom is -0.341 e. The number of nitrogens with zero attached hydrogens (tertiary/aromatic N) is 3. The summed E-state index contributed by atoms with van der Waals surface area (Å²) in [6.07, 6.45) is 7.55. The molecule has 0 aliphatic carbocycles. The van der Waals surface area contributed by atoms with Crippen molar-refractivity contribution in [2.75, 3.05) is 18.0 Å². The van der Waals surface area contributed by atoms with Crippen LogP contribution in [0.25, 0.3) is 0 Å². The van der Waals surface area contributed by atoms with Crippen LogP contribution in [0.3, 0.4) is 0 Å². The number of anilines is 1. The second-order valence-corrected chi connectivity index (χ2v) is 3.96. The maximum absolute atomic E-state index is 4.28. The molecule has 0 atom stereocenters. The van der Waals surface area contributed by atoms with E-state index < -0.39 is 0 Å². The Bertz CT molecular complexity index is 263. The van der Waals surface area contributed by atoms with Gasteiger partial charge in [-0.05, 0) is 25.3 Å². The number of rotatable bonds is 1. The third kappa shape index (κ3) is 3.86. The van der Waals surface area contributed by atoms with E-state index in [0.29, 0.717) is 0 Å². The maximum atomic E-state index is 4.28. The molecule has 0 spiro atoms. The summed E-state index contributed by atoms with van der Waals surface area (Å²) < 4.78 is 0. The summed E-state index contributed by atoms with van der Waals surface area (Å²) in [5.41, 5.74) is 1.12. The Kier molecular flexibility index (Phi) is 5.08. The predicted octanol–water partition coefficient (Wildman–Crippen LogP) is 2.80. The molecule has 2 heterocycles. The largest absolute Gasteiger partial charge is 0.341 e. The smallest absolute Gasteiger partial charge is 0.225 e. The Morgan fingerprint density at radius 2 is 1.60 bits per heavy atom. The maximum Gasteiger partial charge on any atom is 0.225 e. The lowest BCUT2D eigenvalue weighted by atomic mass is 10.4. The van der Waals surface area contributed by atoms with E-state index in [0.717, 1.165) is 24.6 Å². The van der Waals surface area contributed by atoms with Crippen molar-refractivity contribution in [3.8, 4) is 0 Å². The summed E-state index contributed by atoms with van der Waals surface area (Å²) in [7, 11) is 0. The number of hydrogen-bond donors (Lipinski definition) is 0. The molecule has 1 aromatic heterocycles. The summed E-state index contributed by atoms with van der Waals surface area (Å²) in [5.74, 6) is 0.887. The van der Waals surface area contributed by atoms with E-state index in [4.69, 9.17) is 0 Å². The molecule has 84 valence electrons. The third-order valence-electron chi connectivity index (χ3n) is 2.16. The van der Waals surface area contributed by atoms with E-state index in [1.54, 1.807) is 0 Å². The lowest BCUT2D eigenvalue weighted by molar-refractivity contribution is 0.894. The summed E-state index contributed by atoms with van der Waals surface area (Å²) >= 11 is 0. The molecule has 0 bridgehead atoms. The van der Waals surface area contributed by atoms with Crippen molar-refractivity contribution in [1.82, 2.24) is 9.97 Å². The topological polar surface area (TPSA) is 29.0 Å². The van der Waals surface area contributed by atoms with Crippen LogP contribution in [0.1, 0.15) is 38.7 Å². The zero-order chi connectivity index (χ0) is 11.1. The molecule has 1 aliphatic rings. The van der Waals surface area contributed by atoms with Crippen molar-refractivity contribution in [2.24, 2.45) is 0 Å². The minimum absolute atomic E-state index is 0.887. The average molecular weight is 207 g/mol. The van der Waals surface area contributed by atoms with E-state index >= 15 is 0 Å². The normalized spacial score (nSPS) is 14.7.